The van der Waals surface area contributed by atoms with E-state index in [1.165, 1.54) is 22.0 Å². The maximum atomic E-state index is 4.95. The fraction of sp³-hybridized carbons (Fsp3) is 0.353. The number of halogens is 1. The van der Waals surface area contributed by atoms with Gasteiger partial charge >= 0.3 is 0 Å². The predicted molar refractivity (Wildman–Crippen MR) is 109 cm³/mol. The molecule has 0 radical (unpaired) electrons. The van der Waals surface area contributed by atoms with Crippen molar-refractivity contribution in [3.05, 3.63) is 47.2 Å². The molecule has 2 aromatic heterocycles. The highest BCUT2D eigenvalue weighted by atomic mass is 127. The van der Waals surface area contributed by atoms with E-state index in [0.29, 0.717) is 24.2 Å². The highest BCUT2D eigenvalue weighted by molar-refractivity contribution is 14.0. The Labute approximate surface area is 163 Å². The van der Waals surface area contributed by atoms with Crippen molar-refractivity contribution in [3.63, 3.8) is 0 Å². The number of benzene rings is 1. The summed E-state index contributed by atoms with van der Waals surface area (Å²) in [5, 5.41) is 11.6. The van der Waals surface area contributed by atoms with Gasteiger partial charge in [-0.2, -0.15) is 4.98 Å². The topological polar surface area (TPSA) is 91.1 Å². The highest BCUT2D eigenvalue weighted by Gasteiger charge is 2.06. The largest absolute Gasteiger partial charge is 0.361 e. The Morgan fingerprint density at radius 1 is 1.28 bits per heavy atom. The highest BCUT2D eigenvalue weighted by Crippen LogP contribution is 2.21. The average molecular weight is 454 g/mol. The minimum absolute atomic E-state index is 0. The lowest BCUT2D eigenvalue weighted by atomic mass is 10.1. The number of fused-ring (bicyclic) bond motifs is 1. The van der Waals surface area contributed by atoms with E-state index in [1.54, 1.807) is 14.0 Å². The third-order valence-electron chi connectivity index (χ3n) is 3.90. The number of guanidine groups is 1. The van der Waals surface area contributed by atoms with E-state index in [1.807, 2.05) is 0 Å². The number of aromatic nitrogens is 3. The van der Waals surface area contributed by atoms with E-state index in [-0.39, 0.29) is 24.0 Å². The molecular formula is C17H23IN6O. The molecule has 0 bridgehead atoms. The molecule has 3 aromatic rings. The van der Waals surface area contributed by atoms with Crippen molar-refractivity contribution in [2.24, 2.45) is 4.99 Å². The van der Waals surface area contributed by atoms with Crippen molar-refractivity contribution in [1.82, 2.24) is 25.8 Å². The zero-order valence-electron chi connectivity index (χ0n) is 14.6. The standard InChI is InChI=1S/C17H22N6O.HI/c1-11-5-4-6-14-13(9-20-16(11)14)7-8-19-17(18-3)21-10-15-22-12(2)24-23-15;/h4-6,9,20H,7-8,10H2,1-3H3,(H2,18,19,21);1H. The van der Waals surface area contributed by atoms with Crippen LogP contribution in [-0.2, 0) is 13.0 Å². The van der Waals surface area contributed by atoms with E-state index < -0.39 is 0 Å². The van der Waals surface area contributed by atoms with Gasteiger partial charge in [0.2, 0.25) is 5.89 Å². The number of aliphatic imine (C=N–C) groups is 1. The van der Waals surface area contributed by atoms with E-state index in [0.717, 1.165) is 13.0 Å². The van der Waals surface area contributed by atoms with Gasteiger partial charge in [0, 0.05) is 37.6 Å². The first-order valence-corrected chi connectivity index (χ1v) is 7.96. The molecule has 0 spiro atoms. The summed E-state index contributed by atoms with van der Waals surface area (Å²) < 4.78 is 4.95. The number of nitrogens with one attached hydrogen (secondary N) is 3. The van der Waals surface area contributed by atoms with Crippen molar-refractivity contribution >= 4 is 40.8 Å². The molecule has 0 unspecified atom stereocenters. The number of aryl methyl sites for hydroxylation is 2. The normalized spacial score (nSPS) is 11.4. The fourth-order valence-corrected chi connectivity index (χ4v) is 2.68. The molecule has 0 fully saturated rings. The van der Waals surface area contributed by atoms with Gasteiger partial charge in [0.1, 0.15) is 0 Å². The maximum Gasteiger partial charge on any atom is 0.223 e. The maximum absolute atomic E-state index is 4.95. The lowest BCUT2D eigenvalue weighted by molar-refractivity contribution is 0.387. The molecule has 1 aromatic carbocycles. The van der Waals surface area contributed by atoms with Crippen LogP contribution in [0.3, 0.4) is 0 Å². The number of hydrogen-bond donors (Lipinski definition) is 3. The van der Waals surface area contributed by atoms with E-state index >= 15 is 0 Å². The first-order valence-electron chi connectivity index (χ1n) is 7.96. The molecular weight excluding hydrogens is 431 g/mol. The van der Waals surface area contributed by atoms with Crippen molar-refractivity contribution in [3.8, 4) is 0 Å². The van der Waals surface area contributed by atoms with Crippen molar-refractivity contribution in [2.75, 3.05) is 13.6 Å². The number of hydrogen-bond acceptors (Lipinski definition) is 4. The van der Waals surface area contributed by atoms with Gasteiger partial charge in [-0.1, -0.05) is 23.4 Å². The molecule has 0 aliphatic carbocycles. The number of para-hydroxylation sites is 1. The monoisotopic (exact) mass is 454 g/mol. The number of H-pyrrole nitrogens is 1. The average Bonchev–Trinajstić information content (AvgIpc) is 3.18. The quantitative estimate of drug-likeness (QED) is 0.313. The second-order valence-electron chi connectivity index (χ2n) is 5.64. The zero-order valence-corrected chi connectivity index (χ0v) is 16.9. The minimum atomic E-state index is 0. The van der Waals surface area contributed by atoms with Crippen LogP contribution in [0.1, 0.15) is 22.8 Å². The predicted octanol–water partition coefficient (Wildman–Crippen LogP) is 2.69. The molecule has 2 heterocycles. The second kappa shape index (κ2) is 8.84. The van der Waals surface area contributed by atoms with Crippen molar-refractivity contribution < 1.29 is 4.52 Å². The van der Waals surface area contributed by atoms with Gasteiger partial charge in [-0.05, 0) is 24.5 Å². The lowest BCUT2D eigenvalue weighted by Crippen LogP contribution is -2.38. The van der Waals surface area contributed by atoms with Crippen molar-refractivity contribution in [1.29, 1.82) is 0 Å². The molecule has 7 nitrogen and oxygen atoms in total. The Balaban J connectivity index is 0.00000225. The summed E-state index contributed by atoms with van der Waals surface area (Å²) in [4.78, 5) is 11.7. The Morgan fingerprint density at radius 2 is 2.12 bits per heavy atom. The number of rotatable bonds is 5. The van der Waals surface area contributed by atoms with Crippen LogP contribution in [0.2, 0.25) is 0 Å². The number of nitrogens with zero attached hydrogens (tertiary/aromatic N) is 3. The van der Waals surface area contributed by atoms with Crippen LogP contribution in [0.4, 0.5) is 0 Å². The third kappa shape index (κ3) is 4.71. The Kier molecular flexibility index (Phi) is 6.80. The molecule has 134 valence electrons. The van der Waals surface area contributed by atoms with Gasteiger partial charge < -0.3 is 20.1 Å². The minimum Gasteiger partial charge on any atom is -0.361 e. The molecule has 0 atom stereocenters. The van der Waals surface area contributed by atoms with Crippen LogP contribution in [0.15, 0.2) is 33.9 Å². The molecule has 0 aliphatic heterocycles. The fourth-order valence-electron chi connectivity index (χ4n) is 2.68. The zero-order chi connectivity index (χ0) is 16.9. The summed E-state index contributed by atoms with van der Waals surface area (Å²) >= 11 is 0. The molecule has 0 saturated heterocycles. The second-order valence-corrected chi connectivity index (χ2v) is 5.64. The molecule has 0 aliphatic rings. The first kappa shape index (κ1) is 19.2. The molecule has 25 heavy (non-hydrogen) atoms. The van der Waals surface area contributed by atoms with Gasteiger partial charge in [-0.3, -0.25) is 4.99 Å². The summed E-state index contributed by atoms with van der Waals surface area (Å²) in [6.07, 6.45) is 2.99. The molecule has 0 amide bonds. The summed E-state index contributed by atoms with van der Waals surface area (Å²) in [5.41, 5.74) is 3.77. The summed E-state index contributed by atoms with van der Waals surface area (Å²) in [5.74, 6) is 1.89. The van der Waals surface area contributed by atoms with E-state index in [4.69, 9.17) is 4.52 Å². The smallest absolute Gasteiger partial charge is 0.223 e. The Hall–Kier alpha value is -2.10. The van der Waals surface area contributed by atoms with Crippen LogP contribution in [0, 0.1) is 13.8 Å². The lowest BCUT2D eigenvalue weighted by Gasteiger charge is -2.10. The van der Waals surface area contributed by atoms with Crippen LogP contribution in [-0.4, -0.2) is 34.7 Å². The van der Waals surface area contributed by atoms with Crippen LogP contribution < -0.4 is 10.6 Å². The SMILES string of the molecule is CN=C(NCCc1c[nH]c2c(C)cccc12)NCc1noc(C)n1.I. The Bertz CT molecular complexity index is 854. The van der Waals surface area contributed by atoms with Gasteiger partial charge in [-0.25, -0.2) is 0 Å². The van der Waals surface area contributed by atoms with Gasteiger partial charge in [-0.15, -0.1) is 24.0 Å². The third-order valence-corrected chi connectivity index (χ3v) is 3.90. The van der Waals surface area contributed by atoms with Gasteiger partial charge in [0.25, 0.3) is 0 Å². The van der Waals surface area contributed by atoms with E-state index in [9.17, 15) is 0 Å². The summed E-state index contributed by atoms with van der Waals surface area (Å²) in [6.45, 7) is 5.15. The summed E-state index contributed by atoms with van der Waals surface area (Å²) in [7, 11) is 1.74. The molecule has 0 saturated carbocycles. The van der Waals surface area contributed by atoms with Crippen LogP contribution in [0.5, 0.6) is 0 Å². The number of aromatic amines is 1. The Morgan fingerprint density at radius 3 is 2.84 bits per heavy atom. The van der Waals surface area contributed by atoms with Crippen molar-refractivity contribution in [2.45, 2.75) is 26.8 Å². The van der Waals surface area contributed by atoms with Gasteiger partial charge in [0.15, 0.2) is 11.8 Å². The van der Waals surface area contributed by atoms with Crippen LogP contribution in [0.25, 0.3) is 10.9 Å². The molecule has 8 heteroatoms. The van der Waals surface area contributed by atoms with E-state index in [2.05, 4.69) is 62.1 Å². The molecule has 3 N–H and O–H groups in total. The van der Waals surface area contributed by atoms with Gasteiger partial charge in [0.05, 0.1) is 6.54 Å². The van der Waals surface area contributed by atoms with Crippen LogP contribution >= 0.6 is 24.0 Å². The first-order chi connectivity index (χ1) is 11.7. The molecule has 3 rings (SSSR count). The summed E-state index contributed by atoms with van der Waals surface area (Å²) in [6, 6.07) is 6.36.